The molecule has 84 valence electrons. The summed E-state index contributed by atoms with van der Waals surface area (Å²) < 4.78 is 17.6. The van der Waals surface area contributed by atoms with Crippen LogP contribution in [0.2, 0.25) is 0 Å². The van der Waals surface area contributed by atoms with Crippen LogP contribution in [0.3, 0.4) is 0 Å². The van der Waals surface area contributed by atoms with Gasteiger partial charge in [0.15, 0.2) is 0 Å². The van der Waals surface area contributed by atoms with Crippen molar-refractivity contribution in [2.45, 2.75) is 33.6 Å². The topological polar surface area (TPSA) is 9.23 Å². The lowest BCUT2D eigenvalue weighted by Crippen LogP contribution is -1.99. The number of aryl methyl sites for hydroxylation is 1. The molecule has 15 heavy (non-hydrogen) atoms. The van der Waals surface area contributed by atoms with Crippen LogP contribution in [0.4, 0.5) is 4.39 Å². The van der Waals surface area contributed by atoms with Crippen molar-refractivity contribution >= 4 is 0 Å². The Bertz CT molecular complexity index is 321. The molecule has 0 bridgehead atoms. The molecule has 0 radical (unpaired) electrons. The van der Waals surface area contributed by atoms with Crippen molar-refractivity contribution in [3.05, 3.63) is 28.8 Å². The van der Waals surface area contributed by atoms with Gasteiger partial charge in [0.25, 0.3) is 0 Å². The van der Waals surface area contributed by atoms with Crippen LogP contribution in [0.15, 0.2) is 12.1 Å². The lowest BCUT2D eigenvalue weighted by molar-refractivity contribution is 0.337. The third-order valence-corrected chi connectivity index (χ3v) is 2.73. The lowest BCUT2D eigenvalue weighted by atomic mass is 9.99. The number of hydrogen-bond donors (Lipinski definition) is 0. The lowest BCUT2D eigenvalue weighted by Gasteiger charge is -2.13. The molecule has 0 aliphatic carbocycles. The van der Waals surface area contributed by atoms with Crippen molar-refractivity contribution in [1.29, 1.82) is 0 Å². The summed E-state index contributed by atoms with van der Waals surface area (Å²) in [6, 6.07) is 4.03. The highest BCUT2D eigenvalue weighted by atomic mass is 19.1. The van der Waals surface area contributed by atoms with E-state index >= 15 is 0 Å². The molecule has 1 rings (SSSR count). The first-order valence-corrected chi connectivity index (χ1v) is 5.48. The minimum absolute atomic E-state index is 0.244. The Morgan fingerprint density at radius 3 is 2.53 bits per heavy atom. The number of rotatable bonds is 5. The number of hydrogen-bond acceptors (Lipinski definition) is 1. The number of ether oxygens (including phenoxy) is 1. The third kappa shape index (κ3) is 2.95. The van der Waals surface area contributed by atoms with E-state index in [4.69, 9.17) is 4.74 Å². The van der Waals surface area contributed by atoms with Gasteiger partial charge < -0.3 is 4.74 Å². The molecule has 1 aromatic rings. The second-order valence-electron chi connectivity index (χ2n) is 3.70. The first-order chi connectivity index (χ1) is 7.20. The van der Waals surface area contributed by atoms with Gasteiger partial charge in [-0.05, 0) is 56.4 Å². The number of benzene rings is 1. The standard InChI is InChI=1S/C13H19FO/c1-4-15-13-8-7-12(6-5-9-14)10(2)11(13)3/h7-8H,4-6,9H2,1-3H3. The number of halogens is 1. The first-order valence-electron chi connectivity index (χ1n) is 5.48. The molecule has 0 aliphatic rings. The van der Waals surface area contributed by atoms with Crippen molar-refractivity contribution in [3.8, 4) is 5.75 Å². The quantitative estimate of drug-likeness (QED) is 0.721. The van der Waals surface area contributed by atoms with E-state index in [1.807, 2.05) is 19.1 Å². The fourth-order valence-corrected chi connectivity index (χ4v) is 1.69. The van der Waals surface area contributed by atoms with E-state index < -0.39 is 0 Å². The zero-order valence-corrected chi connectivity index (χ0v) is 9.77. The summed E-state index contributed by atoms with van der Waals surface area (Å²) in [7, 11) is 0. The maximum Gasteiger partial charge on any atom is 0.122 e. The maximum absolute atomic E-state index is 12.1. The first kappa shape index (κ1) is 12.0. The van der Waals surface area contributed by atoms with Crippen LogP contribution < -0.4 is 4.74 Å². The molecule has 2 heteroatoms. The average molecular weight is 210 g/mol. The van der Waals surface area contributed by atoms with Gasteiger partial charge in [-0.1, -0.05) is 6.07 Å². The van der Waals surface area contributed by atoms with Crippen LogP contribution in [0, 0.1) is 13.8 Å². The van der Waals surface area contributed by atoms with E-state index in [1.54, 1.807) is 0 Å². The Balaban J connectivity index is 2.88. The Labute approximate surface area is 91.3 Å². The summed E-state index contributed by atoms with van der Waals surface area (Å²) in [5.74, 6) is 0.944. The molecule has 0 aromatic heterocycles. The molecule has 0 amide bonds. The second-order valence-corrected chi connectivity index (χ2v) is 3.70. The van der Waals surface area contributed by atoms with Gasteiger partial charge in [0.2, 0.25) is 0 Å². The van der Waals surface area contributed by atoms with Crippen LogP contribution in [0.5, 0.6) is 5.75 Å². The molecular formula is C13H19FO. The van der Waals surface area contributed by atoms with Gasteiger partial charge in [-0.2, -0.15) is 0 Å². The molecule has 0 saturated carbocycles. The normalized spacial score (nSPS) is 10.4. The summed E-state index contributed by atoms with van der Waals surface area (Å²) in [6.45, 7) is 6.55. The fourth-order valence-electron chi connectivity index (χ4n) is 1.69. The van der Waals surface area contributed by atoms with Gasteiger partial charge in [-0.25, -0.2) is 0 Å². The molecule has 0 fully saturated rings. The fraction of sp³-hybridized carbons (Fsp3) is 0.538. The Morgan fingerprint density at radius 1 is 1.20 bits per heavy atom. The molecule has 1 nitrogen and oxygen atoms in total. The molecule has 0 atom stereocenters. The molecule has 0 aliphatic heterocycles. The van der Waals surface area contributed by atoms with Crippen molar-refractivity contribution in [2.24, 2.45) is 0 Å². The average Bonchev–Trinajstić information content (AvgIpc) is 2.24. The highest BCUT2D eigenvalue weighted by molar-refractivity contribution is 5.43. The van der Waals surface area contributed by atoms with Crippen molar-refractivity contribution < 1.29 is 9.13 Å². The highest BCUT2D eigenvalue weighted by Gasteiger charge is 2.06. The minimum Gasteiger partial charge on any atom is -0.494 e. The van der Waals surface area contributed by atoms with E-state index in [9.17, 15) is 4.39 Å². The van der Waals surface area contributed by atoms with Crippen LogP contribution in [-0.2, 0) is 6.42 Å². The summed E-state index contributed by atoms with van der Waals surface area (Å²) in [5.41, 5.74) is 3.64. The van der Waals surface area contributed by atoms with Crippen molar-refractivity contribution in [1.82, 2.24) is 0 Å². The number of alkyl halides is 1. The molecule has 0 spiro atoms. The maximum atomic E-state index is 12.1. The summed E-state index contributed by atoms with van der Waals surface area (Å²) in [5, 5.41) is 0. The van der Waals surface area contributed by atoms with Gasteiger partial charge in [0, 0.05) is 0 Å². The molecule has 0 N–H and O–H groups in total. The van der Waals surface area contributed by atoms with E-state index in [0.717, 1.165) is 12.2 Å². The largest absolute Gasteiger partial charge is 0.494 e. The smallest absolute Gasteiger partial charge is 0.122 e. The van der Waals surface area contributed by atoms with Crippen LogP contribution >= 0.6 is 0 Å². The summed E-state index contributed by atoms with van der Waals surface area (Å²) >= 11 is 0. The van der Waals surface area contributed by atoms with Crippen molar-refractivity contribution in [3.63, 3.8) is 0 Å². The zero-order valence-electron chi connectivity index (χ0n) is 9.77. The monoisotopic (exact) mass is 210 g/mol. The Morgan fingerprint density at radius 2 is 1.93 bits per heavy atom. The SMILES string of the molecule is CCOc1ccc(CCCF)c(C)c1C. The predicted molar refractivity (Wildman–Crippen MR) is 61.4 cm³/mol. The van der Waals surface area contributed by atoms with Crippen LogP contribution in [-0.4, -0.2) is 13.3 Å². The summed E-state index contributed by atoms with van der Waals surface area (Å²) in [4.78, 5) is 0. The van der Waals surface area contributed by atoms with Crippen molar-refractivity contribution in [2.75, 3.05) is 13.3 Å². The molecular weight excluding hydrogens is 191 g/mol. The highest BCUT2D eigenvalue weighted by Crippen LogP contribution is 2.25. The molecule has 0 unspecified atom stereocenters. The Hall–Kier alpha value is -1.05. The molecule has 1 aromatic carbocycles. The van der Waals surface area contributed by atoms with E-state index in [1.165, 1.54) is 16.7 Å². The van der Waals surface area contributed by atoms with Gasteiger partial charge in [-0.3, -0.25) is 4.39 Å². The van der Waals surface area contributed by atoms with E-state index in [2.05, 4.69) is 13.8 Å². The van der Waals surface area contributed by atoms with Gasteiger partial charge in [0.1, 0.15) is 5.75 Å². The van der Waals surface area contributed by atoms with Crippen LogP contribution in [0.1, 0.15) is 30.0 Å². The Kier molecular flexibility index (Phi) is 4.60. The second kappa shape index (κ2) is 5.74. The molecule has 0 saturated heterocycles. The van der Waals surface area contributed by atoms with E-state index in [-0.39, 0.29) is 6.67 Å². The van der Waals surface area contributed by atoms with Gasteiger partial charge >= 0.3 is 0 Å². The third-order valence-electron chi connectivity index (χ3n) is 2.73. The van der Waals surface area contributed by atoms with E-state index in [0.29, 0.717) is 13.0 Å². The molecule has 0 heterocycles. The van der Waals surface area contributed by atoms with Gasteiger partial charge in [-0.15, -0.1) is 0 Å². The van der Waals surface area contributed by atoms with Gasteiger partial charge in [0.05, 0.1) is 13.3 Å². The minimum atomic E-state index is -0.244. The zero-order chi connectivity index (χ0) is 11.3. The predicted octanol–water partition coefficient (Wildman–Crippen LogP) is 3.60. The summed E-state index contributed by atoms with van der Waals surface area (Å²) in [6.07, 6.45) is 1.42. The van der Waals surface area contributed by atoms with Crippen LogP contribution in [0.25, 0.3) is 0 Å².